The molecule has 0 bridgehead atoms. The Morgan fingerprint density at radius 1 is 1.24 bits per heavy atom. The van der Waals surface area contributed by atoms with Gasteiger partial charge in [0.05, 0.1) is 6.54 Å². The Bertz CT molecular complexity index is 575. The second-order valence-corrected chi connectivity index (χ2v) is 5.10. The number of pyridine rings is 1. The number of halogens is 3. The highest BCUT2D eigenvalue weighted by Crippen LogP contribution is 2.18. The monoisotopic (exact) mass is 303 g/mol. The van der Waals surface area contributed by atoms with Gasteiger partial charge in [0.2, 0.25) is 5.56 Å². The normalized spacial score (nSPS) is 17.0. The summed E-state index contributed by atoms with van der Waals surface area (Å²) in [5, 5.41) is 0. The first-order valence-corrected chi connectivity index (χ1v) is 6.54. The summed E-state index contributed by atoms with van der Waals surface area (Å²) in [7, 11) is 0. The van der Waals surface area contributed by atoms with Crippen molar-refractivity contribution < 1.29 is 18.0 Å². The molecule has 0 unspecified atom stereocenters. The number of carbonyl (C=O) groups is 1. The smallest absolute Gasteiger partial charge is 0.336 e. The summed E-state index contributed by atoms with van der Waals surface area (Å²) in [6.07, 6.45) is -4.23. The van der Waals surface area contributed by atoms with Gasteiger partial charge >= 0.3 is 6.18 Å². The van der Waals surface area contributed by atoms with Crippen LogP contribution in [0.3, 0.4) is 0 Å². The fraction of sp³-hybridized carbons (Fsp3) is 0.538. The Morgan fingerprint density at radius 3 is 2.38 bits per heavy atom. The van der Waals surface area contributed by atoms with Crippen LogP contribution >= 0.6 is 0 Å². The third-order valence-electron chi connectivity index (χ3n) is 3.29. The van der Waals surface area contributed by atoms with E-state index in [0.717, 1.165) is 0 Å². The minimum atomic E-state index is -4.23. The molecule has 1 N–H and O–H groups in total. The van der Waals surface area contributed by atoms with E-state index < -0.39 is 12.7 Å². The predicted octanol–water partition coefficient (Wildman–Crippen LogP) is 1.00. The molecule has 5 nitrogen and oxygen atoms in total. The van der Waals surface area contributed by atoms with Crippen molar-refractivity contribution in [2.45, 2.75) is 13.1 Å². The van der Waals surface area contributed by atoms with Crippen LogP contribution in [0.4, 0.5) is 13.2 Å². The standard InChI is InChI=1S/C13H16F3N3O2/c1-9-6-10(7-11(20)17-9)12(21)19-4-2-18(3-5-19)8-13(14,15)16/h6-7H,2-5,8H2,1H3,(H,17,20). The average Bonchev–Trinajstić information content (AvgIpc) is 2.35. The maximum Gasteiger partial charge on any atom is 0.401 e. The van der Waals surface area contributed by atoms with Gasteiger partial charge in [-0.1, -0.05) is 0 Å². The maximum absolute atomic E-state index is 12.3. The lowest BCUT2D eigenvalue weighted by Gasteiger charge is -2.35. The average molecular weight is 303 g/mol. The van der Waals surface area contributed by atoms with Gasteiger partial charge in [0.25, 0.3) is 5.91 Å². The highest BCUT2D eigenvalue weighted by atomic mass is 19.4. The maximum atomic E-state index is 12.3. The highest BCUT2D eigenvalue weighted by molar-refractivity contribution is 5.94. The number of alkyl halides is 3. The lowest BCUT2D eigenvalue weighted by Crippen LogP contribution is -2.51. The number of hydrogen-bond donors (Lipinski definition) is 1. The fourth-order valence-electron chi connectivity index (χ4n) is 2.35. The van der Waals surface area contributed by atoms with Crippen LogP contribution in [0.25, 0.3) is 0 Å². The zero-order valence-corrected chi connectivity index (χ0v) is 11.5. The van der Waals surface area contributed by atoms with Crippen LogP contribution in [0.1, 0.15) is 16.1 Å². The molecule has 0 saturated carbocycles. The Balaban J connectivity index is 1.98. The van der Waals surface area contributed by atoms with Crippen molar-refractivity contribution >= 4 is 5.91 Å². The molecule has 1 aromatic heterocycles. The third kappa shape index (κ3) is 4.32. The van der Waals surface area contributed by atoms with E-state index in [1.165, 1.54) is 15.9 Å². The van der Waals surface area contributed by atoms with E-state index in [1.807, 2.05) is 0 Å². The van der Waals surface area contributed by atoms with E-state index in [0.29, 0.717) is 5.69 Å². The van der Waals surface area contributed by atoms with Crippen molar-refractivity contribution in [3.05, 3.63) is 33.7 Å². The number of carbonyl (C=O) groups excluding carboxylic acids is 1. The molecule has 0 aliphatic carbocycles. The lowest BCUT2D eigenvalue weighted by atomic mass is 10.2. The van der Waals surface area contributed by atoms with Gasteiger partial charge in [-0.2, -0.15) is 13.2 Å². The van der Waals surface area contributed by atoms with E-state index >= 15 is 0 Å². The van der Waals surface area contributed by atoms with E-state index in [2.05, 4.69) is 4.98 Å². The van der Waals surface area contributed by atoms with E-state index in [-0.39, 0.29) is 43.2 Å². The van der Waals surface area contributed by atoms with Crippen molar-refractivity contribution in [3.8, 4) is 0 Å². The summed E-state index contributed by atoms with van der Waals surface area (Å²) in [6, 6.07) is 2.77. The molecule has 0 spiro atoms. The van der Waals surface area contributed by atoms with Gasteiger partial charge in [-0.25, -0.2) is 0 Å². The Morgan fingerprint density at radius 2 is 1.86 bits per heavy atom. The number of rotatable bonds is 2. The molecular formula is C13H16F3N3O2. The molecule has 1 aromatic rings. The van der Waals surface area contributed by atoms with E-state index in [4.69, 9.17) is 0 Å². The largest absolute Gasteiger partial charge is 0.401 e. The first-order valence-electron chi connectivity index (χ1n) is 6.54. The van der Waals surface area contributed by atoms with Crippen molar-refractivity contribution in [3.63, 3.8) is 0 Å². The van der Waals surface area contributed by atoms with Crippen LogP contribution in [0.15, 0.2) is 16.9 Å². The van der Waals surface area contributed by atoms with Crippen LogP contribution in [0.5, 0.6) is 0 Å². The Labute approximate surface area is 119 Å². The number of nitrogens with zero attached hydrogens (tertiary/aromatic N) is 2. The summed E-state index contributed by atoms with van der Waals surface area (Å²) in [5.74, 6) is -0.323. The molecule has 1 aliphatic rings. The fourth-order valence-corrected chi connectivity index (χ4v) is 2.35. The predicted molar refractivity (Wildman–Crippen MR) is 70.2 cm³/mol. The topological polar surface area (TPSA) is 56.4 Å². The van der Waals surface area contributed by atoms with Crippen molar-refractivity contribution in [2.24, 2.45) is 0 Å². The molecule has 21 heavy (non-hydrogen) atoms. The molecule has 1 saturated heterocycles. The number of piperazine rings is 1. The Kier molecular flexibility index (Phi) is 4.36. The number of nitrogens with one attached hydrogen (secondary N) is 1. The quantitative estimate of drug-likeness (QED) is 0.887. The van der Waals surface area contributed by atoms with Gasteiger partial charge in [0.1, 0.15) is 0 Å². The van der Waals surface area contributed by atoms with Crippen LogP contribution in [0.2, 0.25) is 0 Å². The van der Waals surface area contributed by atoms with Crippen LogP contribution < -0.4 is 5.56 Å². The number of hydrogen-bond acceptors (Lipinski definition) is 3. The molecule has 2 rings (SSSR count). The number of aryl methyl sites for hydroxylation is 1. The zero-order valence-electron chi connectivity index (χ0n) is 11.5. The van der Waals surface area contributed by atoms with E-state index in [9.17, 15) is 22.8 Å². The van der Waals surface area contributed by atoms with Gasteiger partial charge in [-0.15, -0.1) is 0 Å². The molecule has 1 aliphatic heterocycles. The molecule has 1 fully saturated rings. The number of aromatic nitrogens is 1. The molecule has 2 heterocycles. The van der Waals surface area contributed by atoms with Gasteiger partial charge in [0.15, 0.2) is 0 Å². The first kappa shape index (κ1) is 15.6. The third-order valence-corrected chi connectivity index (χ3v) is 3.29. The SMILES string of the molecule is Cc1cc(C(=O)N2CCN(CC(F)(F)F)CC2)cc(=O)[nH]1. The molecule has 8 heteroatoms. The first-order chi connectivity index (χ1) is 9.74. The van der Waals surface area contributed by atoms with Gasteiger partial charge in [-0.05, 0) is 13.0 Å². The van der Waals surface area contributed by atoms with Gasteiger partial charge in [0, 0.05) is 43.5 Å². The number of H-pyrrole nitrogens is 1. The zero-order chi connectivity index (χ0) is 15.6. The molecule has 1 amide bonds. The number of aromatic amines is 1. The van der Waals surface area contributed by atoms with Crippen LogP contribution in [-0.2, 0) is 0 Å². The van der Waals surface area contributed by atoms with Crippen LogP contribution in [-0.4, -0.2) is 59.6 Å². The minimum Gasteiger partial charge on any atom is -0.336 e. The van der Waals surface area contributed by atoms with Crippen molar-refractivity contribution in [2.75, 3.05) is 32.7 Å². The summed E-state index contributed by atoms with van der Waals surface area (Å²) < 4.78 is 36.9. The second-order valence-electron chi connectivity index (χ2n) is 5.10. The molecule has 0 aromatic carbocycles. The molecular weight excluding hydrogens is 287 g/mol. The van der Waals surface area contributed by atoms with Crippen LogP contribution in [0, 0.1) is 6.92 Å². The summed E-state index contributed by atoms with van der Waals surface area (Å²) in [5.41, 5.74) is 0.469. The lowest BCUT2D eigenvalue weighted by molar-refractivity contribution is -0.148. The second kappa shape index (κ2) is 5.88. The van der Waals surface area contributed by atoms with E-state index in [1.54, 1.807) is 13.0 Å². The van der Waals surface area contributed by atoms with Gasteiger partial charge < -0.3 is 9.88 Å². The Hall–Kier alpha value is -1.83. The number of amides is 1. The molecule has 0 radical (unpaired) electrons. The minimum absolute atomic E-state index is 0.174. The summed E-state index contributed by atoms with van der Waals surface area (Å²) in [6.45, 7) is 1.50. The van der Waals surface area contributed by atoms with Gasteiger partial charge in [-0.3, -0.25) is 14.5 Å². The van der Waals surface area contributed by atoms with Crippen molar-refractivity contribution in [1.29, 1.82) is 0 Å². The summed E-state index contributed by atoms with van der Waals surface area (Å²) >= 11 is 0. The highest BCUT2D eigenvalue weighted by Gasteiger charge is 2.33. The molecule has 116 valence electrons. The van der Waals surface area contributed by atoms with Crippen molar-refractivity contribution in [1.82, 2.24) is 14.8 Å². The summed E-state index contributed by atoms with van der Waals surface area (Å²) in [4.78, 5) is 28.9. The molecule has 0 atom stereocenters.